The number of aromatic nitrogens is 6. The predicted octanol–water partition coefficient (Wildman–Crippen LogP) is 1.48. The molecule has 2 N–H and O–H groups in total. The van der Waals surface area contributed by atoms with E-state index in [9.17, 15) is 0 Å². The van der Waals surface area contributed by atoms with Crippen molar-refractivity contribution in [1.29, 1.82) is 0 Å². The summed E-state index contributed by atoms with van der Waals surface area (Å²) in [6.45, 7) is 0. The van der Waals surface area contributed by atoms with E-state index in [1.807, 2.05) is 0 Å². The fourth-order valence-electron chi connectivity index (χ4n) is 1.45. The van der Waals surface area contributed by atoms with Crippen LogP contribution in [-0.2, 0) is 0 Å². The predicted molar refractivity (Wildman–Crippen MR) is 70.7 cm³/mol. The molecule has 0 saturated heterocycles. The van der Waals surface area contributed by atoms with Crippen molar-refractivity contribution in [2.45, 2.75) is 0 Å². The molecule has 0 aliphatic heterocycles. The van der Waals surface area contributed by atoms with Gasteiger partial charge >= 0.3 is 6.01 Å². The quantitative estimate of drug-likeness (QED) is 0.778. The molecule has 1 aromatic carbocycles. The maximum absolute atomic E-state index is 6.00. The van der Waals surface area contributed by atoms with Crippen LogP contribution in [0.1, 0.15) is 0 Å². The fourth-order valence-corrected chi connectivity index (χ4v) is 1.62. The highest BCUT2D eigenvalue weighted by Crippen LogP contribution is 2.27. The van der Waals surface area contributed by atoms with Crippen LogP contribution in [0.3, 0.4) is 0 Å². The van der Waals surface area contributed by atoms with Crippen molar-refractivity contribution in [2.24, 2.45) is 0 Å². The molecule has 9 heteroatoms. The molecule has 0 atom stereocenters. The van der Waals surface area contributed by atoms with Crippen molar-refractivity contribution < 1.29 is 4.74 Å². The molecule has 100 valence electrons. The minimum atomic E-state index is 0.00699. The highest BCUT2D eigenvalue weighted by Gasteiger charge is 2.10. The van der Waals surface area contributed by atoms with Gasteiger partial charge in [0.25, 0.3) is 5.95 Å². The minimum Gasteiger partial charge on any atom is -0.423 e. The zero-order valence-electron chi connectivity index (χ0n) is 10.0. The number of hydrogen-bond acceptors (Lipinski definition) is 7. The molecule has 2 aromatic heterocycles. The molecule has 3 aromatic rings. The van der Waals surface area contributed by atoms with Gasteiger partial charge in [-0.2, -0.15) is 24.7 Å². The molecular formula is C11H8ClN7O. The highest BCUT2D eigenvalue weighted by atomic mass is 35.5. The van der Waals surface area contributed by atoms with Crippen LogP contribution >= 0.6 is 11.6 Å². The summed E-state index contributed by atoms with van der Waals surface area (Å²) in [6, 6.07) is 6.98. The van der Waals surface area contributed by atoms with E-state index in [2.05, 4.69) is 25.0 Å². The van der Waals surface area contributed by atoms with Gasteiger partial charge in [-0.25, -0.2) is 4.98 Å². The van der Waals surface area contributed by atoms with Crippen LogP contribution in [0.5, 0.6) is 11.8 Å². The Hall–Kier alpha value is -2.74. The summed E-state index contributed by atoms with van der Waals surface area (Å²) < 4.78 is 6.84. The topological polar surface area (TPSA) is 105 Å². The standard InChI is InChI=1S/C11H8ClN7O/c12-7-3-1-2-4-8(7)20-11-17-9(13)16-10(18-11)19-6-14-5-15-19/h1-6H,(H2,13,16,17,18). The molecule has 20 heavy (non-hydrogen) atoms. The van der Waals surface area contributed by atoms with E-state index in [1.165, 1.54) is 17.3 Å². The maximum atomic E-state index is 6.00. The lowest BCUT2D eigenvalue weighted by molar-refractivity contribution is 0.438. The maximum Gasteiger partial charge on any atom is 0.328 e. The summed E-state index contributed by atoms with van der Waals surface area (Å²) in [7, 11) is 0. The molecule has 8 nitrogen and oxygen atoms in total. The summed E-state index contributed by atoms with van der Waals surface area (Å²) in [5.41, 5.74) is 5.62. The van der Waals surface area contributed by atoms with E-state index in [4.69, 9.17) is 22.1 Å². The second kappa shape index (κ2) is 5.10. The van der Waals surface area contributed by atoms with Crippen molar-refractivity contribution in [1.82, 2.24) is 29.7 Å². The largest absolute Gasteiger partial charge is 0.423 e. The molecule has 0 bridgehead atoms. The molecule has 0 amide bonds. The number of para-hydroxylation sites is 1. The first-order valence-electron chi connectivity index (χ1n) is 5.51. The second-order valence-corrected chi connectivity index (χ2v) is 4.06. The molecule has 0 radical (unpaired) electrons. The van der Waals surface area contributed by atoms with Crippen LogP contribution < -0.4 is 10.5 Å². The van der Waals surface area contributed by atoms with Gasteiger partial charge in [0.1, 0.15) is 18.4 Å². The summed E-state index contributed by atoms with van der Waals surface area (Å²) >= 11 is 6.00. The van der Waals surface area contributed by atoms with Crippen molar-refractivity contribution in [3.63, 3.8) is 0 Å². The Balaban J connectivity index is 1.97. The molecule has 0 fully saturated rings. The first kappa shape index (κ1) is 12.3. The second-order valence-electron chi connectivity index (χ2n) is 3.65. The lowest BCUT2D eigenvalue weighted by Gasteiger charge is -2.07. The number of halogens is 1. The van der Waals surface area contributed by atoms with E-state index in [1.54, 1.807) is 24.3 Å². The van der Waals surface area contributed by atoms with E-state index < -0.39 is 0 Å². The Kier molecular flexibility index (Phi) is 3.13. The monoisotopic (exact) mass is 289 g/mol. The average Bonchev–Trinajstić information content (AvgIpc) is 2.95. The number of benzene rings is 1. The van der Waals surface area contributed by atoms with Gasteiger partial charge in [0, 0.05) is 0 Å². The van der Waals surface area contributed by atoms with Gasteiger partial charge in [-0.15, -0.1) is 0 Å². The van der Waals surface area contributed by atoms with Crippen molar-refractivity contribution >= 4 is 17.5 Å². The number of anilines is 1. The third-order valence-corrected chi connectivity index (χ3v) is 2.59. The van der Waals surface area contributed by atoms with Crippen LogP contribution in [0, 0.1) is 0 Å². The van der Waals surface area contributed by atoms with Gasteiger partial charge < -0.3 is 10.5 Å². The Labute approximate surface area is 118 Å². The molecule has 0 aliphatic rings. The number of ether oxygens (including phenoxy) is 1. The number of nitrogen functional groups attached to an aromatic ring is 1. The number of nitrogens with two attached hydrogens (primary N) is 1. The van der Waals surface area contributed by atoms with E-state index in [0.717, 1.165) is 0 Å². The van der Waals surface area contributed by atoms with Crippen LogP contribution in [0.2, 0.25) is 5.02 Å². The molecule has 0 aliphatic carbocycles. The van der Waals surface area contributed by atoms with Crippen LogP contribution in [0.25, 0.3) is 5.95 Å². The first-order chi connectivity index (χ1) is 9.72. The SMILES string of the molecule is Nc1nc(Oc2ccccc2Cl)nc(-n2cncn2)n1. The Morgan fingerprint density at radius 3 is 2.75 bits per heavy atom. The van der Waals surface area contributed by atoms with Crippen LogP contribution in [0.15, 0.2) is 36.9 Å². The van der Waals surface area contributed by atoms with E-state index >= 15 is 0 Å². The Morgan fingerprint density at radius 2 is 2.00 bits per heavy atom. The lowest BCUT2D eigenvalue weighted by atomic mass is 10.3. The molecule has 0 spiro atoms. The summed E-state index contributed by atoms with van der Waals surface area (Å²) in [5.74, 6) is 0.633. The third-order valence-electron chi connectivity index (χ3n) is 2.28. The van der Waals surface area contributed by atoms with Crippen LogP contribution in [-0.4, -0.2) is 29.7 Å². The fraction of sp³-hybridized carbons (Fsp3) is 0. The molecule has 2 heterocycles. The van der Waals surface area contributed by atoms with E-state index in [-0.39, 0.29) is 17.9 Å². The number of nitrogens with zero attached hydrogens (tertiary/aromatic N) is 6. The van der Waals surface area contributed by atoms with Gasteiger partial charge in [-0.3, -0.25) is 0 Å². The van der Waals surface area contributed by atoms with Crippen molar-refractivity contribution in [3.8, 4) is 17.7 Å². The van der Waals surface area contributed by atoms with Gasteiger partial charge in [0.2, 0.25) is 5.95 Å². The van der Waals surface area contributed by atoms with Gasteiger partial charge in [0.15, 0.2) is 0 Å². The molecule has 3 rings (SSSR count). The van der Waals surface area contributed by atoms with Gasteiger partial charge in [-0.1, -0.05) is 23.7 Å². The minimum absolute atomic E-state index is 0.00699. The molecular weight excluding hydrogens is 282 g/mol. The zero-order chi connectivity index (χ0) is 13.9. The molecule has 0 saturated carbocycles. The summed E-state index contributed by atoms with van der Waals surface area (Å²) in [4.78, 5) is 15.7. The average molecular weight is 290 g/mol. The van der Waals surface area contributed by atoms with Crippen LogP contribution in [0.4, 0.5) is 5.95 Å². The zero-order valence-corrected chi connectivity index (χ0v) is 10.8. The van der Waals surface area contributed by atoms with Gasteiger partial charge in [-0.05, 0) is 12.1 Å². The summed E-state index contributed by atoms with van der Waals surface area (Å²) in [6.07, 6.45) is 2.79. The Bertz CT molecular complexity index is 731. The normalized spacial score (nSPS) is 10.4. The van der Waals surface area contributed by atoms with E-state index in [0.29, 0.717) is 10.8 Å². The van der Waals surface area contributed by atoms with Crippen molar-refractivity contribution in [3.05, 3.63) is 41.9 Å². The number of hydrogen-bond donors (Lipinski definition) is 1. The summed E-state index contributed by atoms with van der Waals surface area (Å²) in [5, 5.41) is 4.35. The highest BCUT2D eigenvalue weighted by molar-refractivity contribution is 6.32. The Morgan fingerprint density at radius 1 is 1.15 bits per heavy atom. The van der Waals surface area contributed by atoms with Gasteiger partial charge in [0.05, 0.1) is 5.02 Å². The third kappa shape index (κ3) is 2.50. The van der Waals surface area contributed by atoms with Crippen molar-refractivity contribution in [2.75, 3.05) is 5.73 Å². The lowest BCUT2D eigenvalue weighted by Crippen LogP contribution is -2.08. The number of rotatable bonds is 3. The first-order valence-corrected chi connectivity index (χ1v) is 5.89. The molecule has 0 unspecified atom stereocenters. The smallest absolute Gasteiger partial charge is 0.328 e.